The monoisotopic (exact) mass is 417 g/mol. The molecule has 1 aliphatic rings. The number of nitrogens with one attached hydrogen (secondary N) is 1. The van der Waals surface area contributed by atoms with Crippen LogP contribution in [0.4, 0.5) is 5.69 Å². The van der Waals surface area contributed by atoms with E-state index in [1.54, 1.807) is 11.5 Å². The number of hydrogen-bond donors (Lipinski definition) is 1. The fourth-order valence-corrected chi connectivity index (χ4v) is 4.90. The Morgan fingerprint density at radius 3 is 2.90 bits per heavy atom. The van der Waals surface area contributed by atoms with E-state index in [1.807, 2.05) is 59.3 Å². The Balaban J connectivity index is 1.39. The molecule has 1 atom stereocenters. The molecule has 0 spiro atoms. The summed E-state index contributed by atoms with van der Waals surface area (Å²) in [5.41, 5.74) is 3.78. The van der Waals surface area contributed by atoms with E-state index in [4.69, 9.17) is 0 Å². The Kier molecular flexibility index (Phi) is 4.63. The van der Waals surface area contributed by atoms with Gasteiger partial charge in [-0.3, -0.25) is 14.2 Å². The molecule has 0 bridgehead atoms. The molecule has 1 aliphatic heterocycles. The van der Waals surface area contributed by atoms with Crippen LogP contribution in [-0.4, -0.2) is 30.6 Å². The molecule has 4 heterocycles. The summed E-state index contributed by atoms with van der Waals surface area (Å²) < 4.78 is 3.58. The number of anilines is 1. The minimum Gasteiger partial charge on any atom is -0.325 e. The van der Waals surface area contributed by atoms with Gasteiger partial charge in [-0.05, 0) is 25.1 Å². The second-order valence-electron chi connectivity index (χ2n) is 7.24. The number of hydrogen-bond acceptors (Lipinski definition) is 5. The molecule has 150 valence electrons. The van der Waals surface area contributed by atoms with Gasteiger partial charge in [-0.1, -0.05) is 36.0 Å². The van der Waals surface area contributed by atoms with Crippen LogP contribution in [0, 0.1) is 6.92 Å². The molecule has 8 heteroatoms. The second kappa shape index (κ2) is 7.46. The molecule has 0 saturated carbocycles. The van der Waals surface area contributed by atoms with Crippen molar-refractivity contribution in [2.24, 2.45) is 0 Å². The van der Waals surface area contributed by atoms with Crippen LogP contribution in [-0.2, 0) is 4.79 Å². The lowest BCUT2D eigenvalue weighted by Crippen LogP contribution is -2.27. The van der Waals surface area contributed by atoms with E-state index in [-0.39, 0.29) is 23.9 Å². The third-order valence-corrected chi connectivity index (χ3v) is 6.18. The number of carbonyl (C=O) groups excluding carboxylic acids is 1. The van der Waals surface area contributed by atoms with Gasteiger partial charge in [-0.2, -0.15) is 0 Å². The van der Waals surface area contributed by atoms with Crippen LogP contribution in [0.3, 0.4) is 0 Å². The molecule has 0 aliphatic carbocycles. The molecule has 1 unspecified atom stereocenters. The average Bonchev–Trinajstić information content (AvgIpc) is 3.32. The van der Waals surface area contributed by atoms with Crippen LogP contribution < -0.4 is 10.9 Å². The Bertz CT molecular complexity index is 1290. The average molecular weight is 417 g/mol. The van der Waals surface area contributed by atoms with Gasteiger partial charge in [0, 0.05) is 41.9 Å². The normalized spacial score (nSPS) is 15.3. The van der Waals surface area contributed by atoms with Crippen molar-refractivity contribution in [3.8, 4) is 11.3 Å². The number of para-hydroxylation sites is 1. The number of thioether (sulfide) groups is 1. The van der Waals surface area contributed by atoms with Crippen molar-refractivity contribution in [2.45, 2.75) is 24.5 Å². The summed E-state index contributed by atoms with van der Waals surface area (Å²) in [5.74, 6) is 0.518. The molecule has 0 fully saturated rings. The van der Waals surface area contributed by atoms with E-state index in [9.17, 15) is 9.59 Å². The number of nitrogens with zero attached hydrogens (tertiary/aromatic N) is 4. The van der Waals surface area contributed by atoms with Crippen molar-refractivity contribution in [2.75, 3.05) is 11.1 Å². The third kappa shape index (κ3) is 3.39. The molecule has 1 aromatic carbocycles. The summed E-state index contributed by atoms with van der Waals surface area (Å²) in [5, 5.41) is 3.69. The van der Waals surface area contributed by atoms with Crippen LogP contribution in [0.25, 0.3) is 16.9 Å². The van der Waals surface area contributed by atoms with Crippen LogP contribution >= 0.6 is 11.8 Å². The maximum Gasteiger partial charge on any atom is 0.254 e. The fourth-order valence-electron chi connectivity index (χ4n) is 3.71. The number of rotatable bonds is 4. The number of aromatic nitrogens is 4. The number of pyridine rings is 1. The second-order valence-corrected chi connectivity index (χ2v) is 8.23. The van der Waals surface area contributed by atoms with E-state index >= 15 is 0 Å². The van der Waals surface area contributed by atoms with E-state index < -0.39 is 0 Å². The maximum atomic E-state index is 12.8. The molecule has 0 saturated heterocycles. The third-order valence-electron chi connectivity index (χ3n) is 5.08. The lowest BCUT2D eigenvalue weighted by Gasteiger charge is -2.14. The lowest BCUT2D eigenvalue weighted by atomic mass is 10.1. The van der Waals surface area contributed by atoms with Crippen molar-refractivity contribution in [1.29, 1.82) is 0 Å². The highest BCUT2D eigenvalue weighted by Crippen LogP contribution is 2.33. The SMILES string of the molecule is Cc1cc(=O)n2c(n1)SCC2CC(=O)Nc1ccccc1-c1cn2ccccc2n1. The summed E-state index contributed by atoms with van der Waals surface area (Å²) in [7, 11) is 0. The summed E-state index contributed by atoms with van der Waals surface area (Å²) >= 11 is 1.51. The first-order valence-corrected chi connectivity index (χ1v) is 10.6. The molecule has 7 nitrogen and oxygen atoms in total. The zero-order valence-electron chi connectivity index (χ0n) is 16.3. The Morgan fingerprint density at radius 1 is 1.20 bits per heavy atom. The molecule has 1 amide bonds. The van der Waals surface area contributed by atoms with Gasteiger partial charge in [0.2, 0.25) is 5.91 Å². The Labute approximate surface area is 176 Å². The van der Waals surface area contributed by atoms with Gasteiger partial charge < -0.3 is 9.72 Å². The minimum absolute atomic E-state index is 0.106. The summed E-state index contributed by atoms with van der Waals surface area (Å²) in [6.07, 6.45) is 4.09. The number of benzene rings is 1. The van der Waals surface area contributed by atoms with Crippen LogP contribution in [0.1, 0.15) is 18.2 Å². The first kappa shape index (κ1) is 18.6. The quantitative estimate of drug-likeness (QED) is 0.514. The highest BCUT2D eigenvalue weighted by molar-refractivity contribution is 7.99. The first-order chi connectivity index (χ1) is 14.6. The standard InChI is InChI=1S/C22H19N5O2S/c1-14-10-21(29)27-15(13-30-22(27)23-14)11-20(28)25-17-7-3-2-6-16(17)18-12-26-9-5-4-8-19(26)24-18/h2-10,12,15H,11,13H2,1H3,(H,25,28). The number of amides is 1. The molecule has 0 radical (unpaired) electrons. The van der Waals surface area contributed by atoms with Crippen LogP contribution in [0.2, 0.25) is 0 Å². The predicted octanol–water partition coefficient (Wildman–Crippen LogP) is 3.54. The zero-order chi connectivity index (χ0) is 20.7. The van der Waals surface area contributed by atoms with Crippen molar-refractivity contribution < 1.29 is 4.79 Å². The molecule has 5 rings (SSSR count). The van der Waals surface area contributed by atoms with Gasteiger partial charge in [-0.15, -0.1) is 0 Å². The van der Waals surface area contributed by atoms with Crippen molar-refractivity contribution >= 4 is 29.0 Å². The highest BCUT2D eigenvalue weighted by atomic mass is 32.2. The van der Waals surface area contributed by atoms with Crippen LogP contribution in [0.15, 0.2) is 70.9 Å². The van der Waals surface area contributed by atoms with Gasteiger partial charge in [0.05, 0.1) is 17.4 Å². The largest absolute Gasteiger partial charge is 0.325 e. The van der Waals surface area contributed by atoms with Gasteiger partial charge in [0.15, 0.2) is 5.16 Å². The van der Waals surface area contributed by atoms with Gasteiger partial charge >= 0.3 is 0 Å². The van der Waals surface area contributed by atoms with E-state index in [0.717, 1.165) is 16.9 Å². The van der Waals surface area contributed by atoms with Gasteiger partial charge in [0.1, 0.15) is 5.65 Å². The van der Waals surface area contributed by atoms with Gasteiger partial charge in [-0.25, -0.2) is 9.97 Å². The molecular formula is C22H19N5O2S. The van der Waals surface area contributed by atoms with E-state index in [0.29, 0.717) is 22.3 Å². The first-order valence-electron chi connectivity index (χ1n) is 9.64. The zero-order valence-corrected chi connectivity index (χ0v) is 17.1. The highest BCUT2D eigenvalue weighted by Gasteiger charge is 2.27. The maximum absolute atomic E-state index is 12.8. The van der Waals surface area contributed by atoms with Crippen LogP contribution in [0.5, 0.6) is 0 Å². The Hall–Kier alpha value is -3.39. The summed E-state index contributed by atoms with van der Waals surface area (Å²) in [4.78, 5) is 34.3. The van der Waals surface area contributed by atoms with Gasteiger partial charge in [0.25, 0.3) is 5.56 Å². The molecule has 3 aromatic heterocycles. The van der Waals surface area contributed by atoms with E-state index in [1.165, 1.54) is 17.8 Å². The lowest BCUT2D eigenvalue weighted by molar-refractivity contribution is -0.116. The van der Waals surface area contributed by atoms with Crippen molar-refractivity contribution in [1.82, 2.24) is 18.9 Å². The number of aryl methyl sites for hydroxylation is 1. The molecule has 4 aromatic rings. The van der Waals surface area contributed by atoms with Crippen molar-refractivity contribution in [3.63, 3.8) is 0 Å². The summed E-state index contributed by atoms with van der Waals surface area (Å²) in [6.45, 7) is 1.80. The number of carbonyl (C=O) groups is 1. The number of fused-ring (bicyclic) bond motifs is 2. The molecule has 30 heavy (non-hydrogen) atoms. The smallest absolute Gasteiger partial charge is 0.254 e. The minimum atomic E-state index is -0.201. The van der Waals surface area contributed by atoms with E-state index in [2.05, 4.69) is 15.3 Å². The molecular weight excluding hydrogens is 398 g/mol. The topological polar surface area (TPSA) is 81.3 Å². The number of imidazole rings is 1. The molecule has 1 N–H and O–H groups in total. The Morgan fingerprint density at radius 2 is 2.03 bits per heavy atom. The van der Waals surface area contributed by atoms with Crippen molar-refractivity contribution in [3.05, 3.63) is 77.0 Å². The fraction of sp³-hybridized carbons (Fsp3) is 0.182. The predicted molar refractivity (Wildman–Crippen MR) is 117 cm³/mol. The summed E-state index contributed by atoms with van der Waals surface area (Å²) in [6, 6.07) is 14.7.